The topological polar surface area (TPSA) is 93.4 Å². The maximum Gasteiger partial charge on any atom is 0.271 e. The number of aryl methyl sites for hydroxylation is 1. The zero-order chi connectivity index (χ0) is 18.9. The normalized spacial score (nSPS) is 19.1. The van der Waals surface area contributed by atoms with Gasteiger partial charge in [0.05, 0.1) is 35.0 Å². The van der Waals surface area contributed by atoms with Crippen molar-refractivity contribution in [3.8, 4) is 0 Å². The molecule has 138 valence electrons. The molecule has 1 aromatic heterocycles. The van der Waals surface area contributed by atoms with Gasteiger partial charge >= 0.3 is 0 Å². The fourth-order valence-corrected chi connectivity index (χ4v) is 4.89. The van der Waals surface area contributed by atoms with E-state index < -0.39 is 9.84 Å². The summed E-state index contributed by atoms with van der Waals surface area (Å²) in [6.07, 6.45) is 1.88. The number of hydrogen-bond acceptors (Lipinski definition) is 5. The van der Waals surface area contributed by atoms with Gasteiger partial charge < -0.3 is 0 Å². The molecule has 26 heavy (non-hydrogen) atoms. The van der Waals surface area contributed by atoms with E-state index in [1.54, 1.807) is 31.2 Å². The number of carbonyl (C=O) groups excluding carboxylic acids is 1. The molecule has 1 atom stereocenters. The van der Waals surface area contributed by atoms with Crippen LogP contribution in [0.2, 0.25) is 10.2 Å². The summed E-state index contributed by atoms with van der Waals surface area (Å²) in [5.41, 5.74) is 3.96. The Labute approximate surface area is 160 Å². The van der Waals surface area contributed by atoms with Crippen LogP contribution in [-0.2, 0) is 9.84 Å². The summed E-state index contributed by atoms with van der Waals surface area (Å²) in [4.78, 5) is 12.0. The number of halogens is 2. The third-order valence-electron chi connectivity index (χ3n) is 4.09. The molecule has 0 unspecified atom stereocenters. The molecule has 1 aliphatic rings. The van der Waals surface area contributed by atoms with Gasteiger partial charge in [-0.1, -0.05) is 23.2 Å². The minimum Gasteiger partial charge on any atom is -0.267 e. The first-order valence-corrected chi connectivity index (χ1v) is 10.4. The highest BCUT2D eigenvalue weighted by Gasteiger charge is 2.31. The van der Waals surface area contributed by atoms with Gasteiger partial charge in [-0.05, 0) is 37.6 Å². The summed E-state index contributed by atoms with van der Waals surface area (Å²) >= 11 is 12.1. The van der Waals surface area contributed by atoms with Crippen LogP contribution in [0.5, 0.6) is 0 Å². The first kappa shape index (κ1) is 18.9. The van der Waals surface area contributed by atoms with Crippen molar-refractivity contribution in [1.82, 2.24) is 15.2 Å². The van der Waals surface area contributed by atoms with E-state index in [0.29, 0.717) is 33.4 Å². The molecule has 1 aliphatic heterocycles. The zero-order valence-electron chi connectivity index (χ0n) is 13.8. The number of hydrogen-bond donors (Lipinski definition) is 1. The SMILES string of the molecule is Cc1nn([C@H]2CCS(=O)(=O)C2)c(Cl)c1/C=N\NC(=O)c1ccc(Cl)cc1. The standard InChI is InChI=1S/C16H16Cl2N4O3S/c1-10-14(8-19-20-16(23)11-2-4-12(17)5-3-11)15(18)22(21-10)13-6-7-26(24,25)9-13/h2-5,8,13H,6-7,9H2,1H3,(H,20,23)/b19-8-/t13-/m0/s1. The number of rotatable bonds is 4. The van der Waals surface area contributed by atoms with E-state index in [-0.39, 0.29) is 23.5 Å². The van der Waals surface area contributed by atoms with E-state index in [1.165, 1.54) is 10.9 Å². The Balaban J connectivity index is 1.73. The van der Waals surface area contributed by atoms with Gasteiger partial charge in [-0.2, -0.15) is 10.2 Å². The molecule has 0 spiro atoms. The lowest BCUT2D eigenvalue weighted by Gasteiger charge is -2.09. The van der Waals surface area contributed by atoms with E-state index in [9.17, 15) is 13.2 Å². The number of nitrogens with one attached hydrogen (secondary N) is 1. The second-order valence-corrected chi connectivity index (χ2v) is 9.02. The average Bonchev–Trinajstić information content (AvgIpc) is 3.08. The first-order valence-electron chi connectivity index (χ1n) is 7.81. The summed E-state index contributed by atoms with van der Waals surface area (Å²) in [6, 6.07) is 6.12. The van der Waals surface area contributed by atoms with Crippen molar-refractivity contribution < 1.29 is 13.2 Å². The number of nitrogens with zero attached hydrogens (tertiary/aromatic N) is 3. The van der Waals surface area contributed by atoms with Gasteiger partial charge in [0.2, 0.25) is 0 Å². The predicted molar refractivity (Wildman–Crippen MR) is 101 cm³/mol. The molecular weight excluding hydrogens is 399 g/mol. The molecule has 1 fully saturated rings. The Morgan fingerprint density at radius 3 is 2.65 bits per heavy atom. The number of benzene rings is 1. The Hall–Kier alpha value is -1.90. The second-order valence-electron chi connectivity index (χ2n) is 6.00. The summed E-state index contributed by atoms with van der Waals surface area (Å²) in [6.45, 7) is 1.74. The van der Waals surface area contributed by atoms with Crippen LogP contribution in [0.25, 0.3) is 0 Å². The summed E-state index contributed by atoms with van der Waals surface area (Å²) in [5, 5.41) is 9.08. The van der Waals surface area contributed by atoms with Gasteiger partial charge in [-0.15, -0.1) is 0 Å². The van der Waals surface area contributed by atoms with Gasteiger partial charge in [0, 0.05) is 10.6 Å². The monoisotopic (exact) mass is 414 g/mol. The minimum atomic E-state index is -3.05. The Kier molecular flexibility index (Phi) is 5.36. The van der Waals surface area contributed by atoms with Crippen molar-refractivity contribution in [2.24, 2.45) is 5.10 Å². The van der Waals surface area contributed by atoms with Gasteiger partial charge in [-0.25, -0.2) is 18.5 Å². The van der Waals surface area contributed by atoms with Crippen LogP contribution in [0.3, 0.4) is 0 Å². The highest BCUT2D eigenvalue weighted by molar-refractivity contribution is 7.91. The Bertz CT molecular complexity index is 968. The quantitative estimate of drug-likeness (QED) is 0.614. The van der Waals surface area contributed by atoms with Crippen LogP contribution < -0.4 is 5.43 Å². The summed E-state index contributed by atoms with van der Waals surface area (Å²) in [5.74, 6) is -0.230. The first-order chi connectivity index (χ1) is 12.3. The predicted octanol–water partition coefficient (Wildman–Crippen LogP) is 2.62. The molecule has 0 saturated carbocycles. The molecule has 0 radical (unpaired) electrons. The van der Waals surface area contributed by atoms with Gasteiger partial charge in [0.25, 0.3) is 5.91 Å². The highest BCUT2D eigenvalue weighted by atomic mass is 35.5. The lowest BCUT2D eigenvalue weighted by molar-refractivity contribution is 0.0955. The number of amides is 1. The Morgan fingerprint density at radius 1 is 1.35 bits per heavy atom. The van der Waals surface area contributed by atoms with Crippen LogP contribution >= 0.6 is 23.2 Å². The van der Waals surface area contributed by atoms with Crippen LogP contribution in [0.4, 0.5) is 0 Å². The number of sulfone groups is 1. The molecule has 1 amide bonds. The molecule has 1 aromatic carbocycles. The average molecular weight is 415 g/mol. The van der Waals surface area contributed by atoms with Crippen LogP contribution in [-0.4, -0.2) is 41.8 Å². The third-order valence-corrected chi connectivity index (χ3v) is 6.47. The summed E-state index contributed by atoms with van der Waals surface area (Å²) < 4.78 is 24.8. The van der Waals surface area contributed by atoms with Crippen LogP contribution in [0.15, 0.2) is 29.4 Å². The third kappa shape index (κ3) is 4.08. The highest BCUT2D eigenvalue weighted by Crippen LogP contribution is 2.29. The molecule has 1 saturated heterocycles. The molecule has 3 rings (SSSR count). The number of hydrazone groups is 1. The van der Waals surface area contributed by atoms with E-state index in [1.807, 2.05) is 0 Å². The fourth-order valence-electron chi connectivity index (χ4n) is 2.71. The molecule has 2 aromatic rings. The van der Waals surface area contributed by atoms with Crippen molar-refractivity contribution in [2.45, 2.75) is 19.4 Å². The van der Waals surface area contributed by atoms with Crippen LogP contribution in [0, 0.1) is 6.92 Å². The van der Waals surface area contributed by atoms with E-state index >= 15 is 0 Å². The van der Waals surface area contributed by atoms with E-state index in [4.69, 9.17) is 23.2 Å². The number of aromatic nitrogens is 2. The van der Waals surface area contributed by atoms with Crippen molar-refractivity contribution in [1.29, 1.82) is 0 Å². The summed E-state index contributed by atoms with van der Waals surface area (Å²) in [7, 11) is -3.05. The molecule has 0 bridgehead atoms. The Morgan fingerprint density at radius 2 is 2.04 bits per heavy atom. The van der Waals surface area contributed by atoms with E-state index in [2.05, 4.69) is 15.6 Å². The zero-order valence-corrected chi connectivity index (χ0v) is 16.1. The minimum absolute atomic E-state index is 0.0255. The van der Waals surface area contributed by atoms with Gasteiger partial charge in [-0.3, -0.25) is 4.79 Å². The van der Waals surface area contributed by atoms with Crippen LogP contribution in [0.1, 0.15) is 34.1 Å². The molecule has 2 heterocycles. The molecule has 1 N–H and O–H groups in total. The number of carbonyl (C=O) groups is 1. The largest absolute Gasteiger partial charge is 0.271 e. The fraction of sp³-hybridized carbons (Fsp3) is 0.312. The molecule has 7 nitrogen and oxygen atoms in total. The lowest BCUT2D eigenvalue weighted by atomic mass is 10.2. The molecule has 0 aliphatic carbocycles. The van der Waals surface area contributed by atoms with Gasteiger partial charge in [0.15, 0.2) is 9.84 Å². The maximum atomic E-state index is 12.0. The van der Waals surface area contributed by atoms with Crippen molar-refractivity contribution in [3.63, 3.8) is 0 Å². The van der Waals surface area contributed by atoms with Gasteiger partial charge in [0.1, 0.15) is 5.15 Å². The van der Waals surface area contributed by atoms with E-state index in [0.717, 1.165) is 0 Å². The van der Waals surface area contributed by atoms with Crippen molar-refractivity contribution >= 4 is 45.2 Å². The smallest absolute Gasteiger partial charge is 0.267 e. The lowest BCUT2D eigenvalue weighted by Crippen LogP contribution is -2.17. The maximum absolute atomic E-state index is 12.0. The second kappa shape index (κ2) is 7.38. The van der Waals surface area contributed by atoms with Crippen molar-refractivity contribution in [3.05, 3.63) is 51.3 Å². The molecular formula is C16H16Cl2N4O3S. The van der Waals surface area contributed by atoms with Crippen molar-refractivity contribution in [2.75, 3.05) is 11.5 Å². The molecule has 10 heteroatoms.